The van der Waals surface area contributed by atoms with Crippen LogP contribution in [0.5, 0.6) is 0 Å². The minimum absolute atomic E-state index is 0.222. The minimum Gasteiger partial charge on any atom is -0.369 e. The molecule has 1 aliphatic carbocycles. The summed E-state index contributed by atoms with van der Waals surface area (Å²) < 4.78 is 24.7. The lowest BCUT2D eigenvalue weighted by molar-refractivity contribution is 0.156. The topological polar surface area (TPSA) is 15.3 Å². The maximum Gasteiger partial charge on any atom is 0.255 e. The molecule has 0 heterocycles. The zero-order valence-corrected chi connectivity index (χ0v) is 10.00. The summed E-state index contributed by atoms with van der Waals surface area (Å²) in [5.74, 6) is 0. The monoisotopic (exact) mass is 240 g/mol. The summed E-state index contributed by atoms with van der Waals surface area (Å²) >= 11 is 0. The average Bonchev–Trinajstić information content (AvgIpc) is 3.09. The Morgan fingerprint density at radius 2 is 2.06 bits per heavy atom. The molecule has 0 aromatic heterocycles. The molecule has 4 heteroatoms. The van der Waals surface area contributed by atoms with E-state index in [1.807, 2.05) is 24.3 Å². The zero-order chi connectivity index (χ0) is 12.3. The molecular weight excluding hydrogens is 222 g/mol. The predicted octanol–water partition coefficient (Wildman–Crippen LogP) is 2.64. The van der Waals surface area contributed by atoms with Crippen molar-refractivity contribution < 1.29 is 8.78 Å². The maximum atomic E-state index is 12.4. The molecule has 1 saturated carbocycles. The second kappa shape index (κ2) is 5.45. The van der Waals surface area contributed by atoms with Gasteiger partial charge in [-0.2, -0.15) is 0 Å². The van der Waals surface area contributed by atoms with E-state index in [1.165, 1.54) is 12.8 Å². The first-order valence-corrected chi connectivity index (χ1v) is 5.97. The fourth-order valence-corrected chi connectivity index (χ4v) is 1.88. The molecule has 0 aliphatic heterocycles. The van der Waals surface area contributed by atoms with Gasteiger partial charge in [0.05, 0.1) is 6.54 Å². The largest absolute Gasteiger partial charge is 0.369 e. The molecule has 17 heavy (non-hydrogen) atoms. The van der Waals surface area contributed by atoms with Gasteiger partial charge in [-0.3, -0.25) is 0 Å². The molecule has 2 rings (SSSR count). The normalized spacial score (nSPS) is 15.3. The van der Waals surface area contributed by atoms with Crippen molar-refractivity contribution >= 4 is 5.69 Å². The number of alkyl halides is 2. The van der Waals surface area contributed by atoms with Crippen molar-refractivity contribution in [1.82, 2.24) is 5.32 Å². The highest BCUT2D eigenvalue weighted by molar-refractivity contribution is 5.53. The fourth-order valence-electron chi connectivity index (χ4n) is 1.88. The van der Waals surface area contributed by atoms with E-state index >= 15 is 0 Å². The van der Waals surface area contributed by atoms with Crippen LogP contribution in [0.3, 0.4) is 0 Å². The van der Waals surface area contributed by atoms with Gasteiger partial charge in [0.15, 0.2) is 0 Å². The van der Waals surface area contributed by atoms with Crippen molar-refractivity contribution in [3.63, 3.8) is 0 Å². The van der Waals surface area contributed by atoms with E-state index < -0.39 is 6.43 Å². The van der Waals surface area contributed by atoms with Gasteiger partial charge in [0, 0.05) is 25.3 Å². The van der Waals surface area contributed by atoms with Gasteiger partial charge in [-0.15, -0.1) is 0 Å². The molecule has 0 spiro atoms. The third-order valence-corrected chi connectivity index (χ3v) is 2.97. The molecule has 1 aromatic carbocycles. The van der Waals surface area contributed by atoms with Gasteiger partial charge in [0.1, 0.15) is 0 Å². The van der Waals surface area contributed by atoms with E-state index in [4.69, 9.17) is 0 Å². The lowest BCUT2D eigenvalue weighted by atomic mass is 10.1. The first-order valence-electron chi connectivity index (χ1n) is 5.97. The molecule has 94 valence electrons. The highest BCUT2D eigenvalue weighted by atomic mass is 19.3. The van der Waals surface area contributed by atoms with Crippen LogP contribution in [-0.2, 0) is 6.54 Å². The van der Waals surface area contributed by atoms with Gasteiger partial charge in [0.25, 0.3) is 6.43 Å². The minimum atomic E-state index is -2.30. The van der Waals surface area contributed by atoms with E-state index in [0.717, 1.165) is 17.8 Å². The number of rotatable bonds is 6. The van der Waals surface area contributed by atoms with E-state index in [-0.39, 0.29) is 6.54 Å². The molecule has 0 amide bonds. The Morgan fingerprint density at radius 1 is 1.35 bits per heavy atom. The van der Waals surface area contributed by atoms with Gasteiger partial charge < -0.3 is 10.2 Å². The van der Waals surface area contributed by atoms with Gasteiger partial charge >= 0.3 is 0 Å². The third-order valence-electron chi connectivity index (χ3n) is 2.97. The number of hydrogen-bond donors (Lipinski definition) is 1. The Hall–Kier alpha value is -1.16. The highest BCUT2D eigenvalue weighted by Gasteiger charge is 2.20. The summed E-state index contributed by atoms with van der Waals surface area (Å²) in [5, 5.41) is 3.41. The van der Waals surface area contributed by atoms with Crippen molar-refractivity contribution in [2.24, 2.45) is 0 Å². The molecule has 1 N–H and O–H groups in total. The quantitative estimate of drug-likeness (QED) is 0.822. The van der Waals surface area contributed by atoms with Crippen molar-refractivity contribution in [2.75, 3.05) is 18.5 Å². The third kappa shape index (κ3) is 3.66. The highest BCUT2D eigenvalue weighted by Crippen LogP contribution is 2.23. The smallest absolute Gasteiger partial charge is 0.255 e. The summed E-state index contributed by atoms with van der Waals surface area (Å²) in [6.45, 7) is 0.537. The van der Waals surface area contributed by atoms with Gasteiger partial charge in [-0.1, -0.05) is 18.2 Å². The molecular formula is C13H18F2N2. The molecule has 0 saturated heterocycles. The average molecular weight is 240 g/mol. The van der Waals surface area contributed by atoms with Crippen LogP contribution in [0.15, 0.2) is 24.3 Å². The summed E-state index contributed by atoms with van der Waals surface area (Å²) in [6, 6.07) is 8.35. The van der Waals surface area contributed by atoms with Crippen molar-refractivity contribution in [2.45, 2.75) is 31.9 Å². The SMILES string of the molecule is CN(CC(F)F)c1ccccc1CNC1CC1. The molecule has 0 radical (unpaired) electrons. The molecule has 0 atom stereocenters. The van der Waals surface area contributed by atoms with E-state index in [1.54, 1.807) is 11.9 Å². The maximum absolute atomic E-state index is 12.4. The molecule has 0 bridgehead atoms. The lowest BCUT2D eigenvalue weighted by Gasteiger charge is -2.22. The predicted molar refractivity (Wildman–Crippen MR) is 65.6 cm³/mol. The fraction of sp³-hybridized carbons (Fsp3) is 0.538. The summed E-state index contributed by atoms with van der Waals surface area (Å²) in [4.78, 5) is 1.62. The van der Waals surface area contributed by atoms with Crippen LogP contribution >= 0.6 is 0 Å². The number of halogens is 2. The van der Waals surface area contributed by atoms with Crippen molar-refractivity contribution in [3.8, 4) is 0 Å². The molecule has 2 nitrogen and oxygen atoms in total. The summed E-state index contributed by atoms with van der Waals surface area (Å²) in [6.07, 6.45) is 0.161. The zero-order valence-electron chi connectivity index (χ0n) is 10.00. The van der Waals surface area contributed by atoms with Gasteiger partial charge in [-0.05, 0) is 24.5 Å². The summed E-state index contributed by atoms with van der Waals surface area (Å²) in [5.41, 5.74) is 1.98. The number of nitrogens with one attached hydrogen (secondary N) is 1. The molecule has 1 fully saturated rings. The Morgan fingerprint density at radius 3 is 2.71 bits per heavy atom. The second-order valence-corrected chi connectivity index (χ2v) is 4.56. The van der Waals surface area contributed by atoms with Gasteiger partial charge in [0.2, 0.25) is 0 Å². The standard InChI is InChI=1S/C13H18F2N2/c1-17(9-13(14)15)12-5-3-2-4-10(12)8-16-11-6-7-11/h2-5,11,13,16H,6-9H2,1H3. The van der Waals surface area contributed by atoms with Crippen LogP contribution in [0.25, 0.3) is 0 Å². The molecule has 1 aromatic rings. The van der Waals surface area contributed by atoms with Crippen molar-refractivity contribution in [3.05, 3.63) is 29.8 Å². The molecule has 0 unspecified atom stereocenters. The Labute approximate surface area is 101 Å². The Kier molecular flexibility index (Phi) is 3.94. The van der Waals surface area contributed by atoms with Crippen LogP contribution in [0.4, 0.5) is 14.5 Å². The first-order chi connectivity index (χ1) is 8.16. The van der Waals surface area contributed by atoms with Crippen LogP contribution in [0.1, 0.15) is 18.4 Å². The number of hydrogen-bond acceptors (Lipinski definition) is 2. The number of anilines is 1. The first kappa shape index (κ1) is 12.3. The Bertz CT molecular complexity index is 364. The van der Waals surface area contributed by atoms with E-state index in [9.17, 15) is 8.78 Å². The van der Waals surface area contributed by atoms with Crippen molar-refractivity contribution in [1.29, 1.82) is 0 Å². The van der Waals surface area contributed by atoms with E-state index in [2.05, 4.69) is 5.32 Å². The lowest BCUT2D eigenvalue weighted by Crippen LogP contribution is -2.26. The van der Waals surface area contributed by atoms with Crippen LogP contribution in [-0.4, -0.2) is 26.1 Å². The van der Waals surface area contributed by atoms with Crippen LogP contribution in [0.2, 0.25) is 0 Å². The van der Waals surface area contributed by atoms with Gasteiger partial charge in [-0.25, -0.2) is 8.78 Å². The molecule has 1 aliphatic rings. The number of para-hydroxylation sites is 1. The number of benzene rings is 1. The Balaban J connectivity index is 2.02. The second-order valence-electron chi connectivity index (χ2n) is 4.56. The van der Waals surface area contributed by atoms with Crippen LogP contribution < -0.4 is 10.2 Å². The van der Waals surface area contributed by atoms with Crippen LogP contribution in [0, 0.1) is 0 Å². The number of nitrogens with zero attached hydrogens (tertiary/aromatic N) is 1. The van der Waals surface area contributed by atoms with E-state index in [0.29, 0.717) is 6.04 Å². The summed E-state index contributed by atoms with van der Waals surface area (Å²) in [7, 11) is 1.71.